The van der Waals surface area contributed by atoms with Gasteiger partial charge in [0.15, 0.2) is 0 Å². The Bertz CT molecular complexity index is 302. The van der Waals surface area contributed by atoms with Crippen molar-refractivity contribution in [2.24, 2.45) is 5.92 Å². The molecular weight excluding hydrogens is 245 g/mol. The summed E-state index contributed by atoms with van der Waals surface area (Å²) in [6.07, 6.45) is -3.67. The van der Waals surface area contributed by atoms with Gasteiger partial charge in [-0.25, -0.2) is 0 Å². The van der Waals surface area contributed by atoms with E-state index in [9.17, 15) is 18.0 Å². The van der Waals surface area contributed by atoms with Crippen LogP contribution in [0.15, 0.2) is 0 Å². The summed E-state index contributed by atoms with van der Waals surface area (Å²) in [4.78, 5) is 13.5. The summed E-state index contributed by atoms with van der Waals surface area (Å²) in [5.41, 5.74) is -0.803. The molecule has 1 N–H and O–H groups in total. The molecule has 1 atom stereocenters. The van der Waals surface area contributed by atoms with Crippen LogP contribution in [-0.2, 0) is 4.79 Å². The highest BCUT2D eigenvalue weighted by atomic mass is 19.4. The Kier molecular flexibility index (Phi) is 4.64. The summed E-state index contributed by atoms with van der Waals surface area (Å²) in [7, 11) is 0. The van der Waals surface area contributed by atoms with Crippen LogP contribution >= 0.6 is 0 Å². The Morgan fingerprint density at radius 2 is 2.00 bits per heavy atom. The molecule has 0 aromatic carbocycles. The smallest absolute Gasteiger partial charge is 0.340 e. The number of nitrogens with zero attached hydrogens (tertiary/aromatic N) is 1. The highest BCUT2D eigenvalue weighted by Gasteiger charge is 2.44. The number of halogens is 3. The normalized spacial score (nSPS) is 22.1. The molecule has 1 aliphatic heterocycles. The molecule has 1 unspecified atom stereocenters. The van der Waals surface area contributed by atoms with Crippen LogP contribution in [-0.4, -0.2) is 42.2 Å². The summed E-state index contributed by atoms with van der Waals surface area (Å²) in [6.45, 7) is 6.09. The first-order valence-corrected chi connectivity index (χ1v) is 6.29. The van der Waals surface area contributed by atoms with Crippen LogP contribution < -0.4 is 5.32 Å². The Balaban J connectivity index is 2.70. The quantitative estimate of drug-likeness (QED) is 0.849. The van der Waals surface area contributed by atoms with E-state index in [0.717, 1.165) is 0 Å². The molecule has 6 heteroatoms. The van der Waals surface area contributed by atoms with Gasteiger partial charge in [-0.3, -0.25) is 4.79 Å². The number of carbonyl (C=O) groups excluding carboxylic acids is 1. The molecule has 0 spiro atoms. The number of carbonyl (C=O) groups is 1. The van der Waals surface area contributed by atoms with Gasteiger partial charge in [-0.1, -0.05) is 6.92 Å². The minimum atomic E-state index is -4.21. The van der Waals surface area contributed by atoms with E-state index < -0.39 is 17.6 Å². The van der Waals surface area contributed by atoms with E-state index in [4.69, 9.17) is 0 Å². The number of hydrogen-bond acceptors (Lipinski definition) is 2. The molecule has 1 fully saturated rings. The number of rotatable bonds is 3. The predicted molar refractivity (Wildman–Crippen MR) is 63.1 cm³/mol. The molecule has 106 valence electrons. The van der Waals surface area contributed by atoms with Crippen molar-refractivity contribution in [1.29, 1.82) is 0 Å². The lowest BCUT2D eigenvalue weighted by Crippen LogP contribution is -2.57. The van der Waals surface area contributed by atoms with Crippen LogP contribution in [0.2, 0.25) is 0 Å². The molecular formula is C12H21F3N2O. The summed E-state index contributed by atoms with van der Waals surface area (Å²) in [5.74, 6) is -1.63. The van der Waals surface area contributed by atoms with Crippen molar-refractivity contribution in [1.82, 2.24) is 10.2 Å². The van der Waals surface area contributed by atoms with Gasteiger partial charge >= 0.3 is 6.18 Å². The first-order valence-electron chi connectivity index (χ1n) is 6.29. The number of hydrogen-bond donors (Lipinski definition) is 1. The van der Waals surface area contributed by atoms with E-state index in [-0.39, 0.29) is 18.9 Å². The Morgan fingerprint density at radius 3 is 2.50 bits per heavy atom. The Labute approximate surface area is 106 Å². The number of likely N-dealkylation sites (tertiary alicyclic amines) is 1. The Morgan fingerprint density at radius 1 is 1.39 bits per heavy atom. The topological polar surface area (TPSA) is 32.3 Å². The zero-order valence-electron chi connectivity index (χ0n) is 11.1. The van der Waals surface area contributed by atoms with Gasteiger partial charge < -0.3 is 10.2 Å². The maximum Gasteiger partial charge on any atom is 0.393 e. The van der Waals surface area contributed by atoms with E-state index in [1.807, 2.05) is 6.92 Å². The van der Waals surface area contributed by atoms with Crippen LogP contribution in [0.1, 0.15) is 33.6 Å². The summed E-state index contributed by atoms with van der Waals surface area (Å²) in [6, 6.07) is 0. The van der Waals surface area contributed by atoms with Gasteiger partial charge in [0, 0.05) is 13.1 Å². The average molecular weight is 266 g/mol. The van der Waals surface area contributed by atoms with Crippen LogP contribution in [0.3, 0.4) is 0 Å². The monoisotopic (exact) mass is 266 g/mol. The fraction of sp³-hybridized carbons (Fsp3) is 0.917. The first-order chi connectivity index (χ1) is 8.18. The summed E-state index contributed by atoms with van der Waals surface area (Å²) < 4.78 is 38.0. The van der Waals surface area contributed by atoms with Crippen molar-refractivity contribution in [3.63, 3.8) is 0 Å². The lowest BCUT2D eigenvalue weighted by Gasteiger charge is -2.38. The third kappa shape index (κ3) is 3.60. The average Bonchev–Trinajstić information content (AvgIpc) is 2.27. The molecule has 3 nitrogen and oxygen atoms in total. The van der Waals surface area contributed by atoms with Crippen LogP contribution in [0, 0.1) is 5.92 Å². The standard InChI is InChI=1S/C12H21F3N2O/c1-4-16-11(2,3)10(18)17-7-5-6-9(8-17)12(13,14)15/h9,16H,4-8H2,1-3H3. The minimum absolute atomic E-state index is 0.120. The van der Waals surface area contributed by atoms with Crippen molar-refractivity contribution in [3.8, 4) is 0 Å². The number of likely N-dealkylation sites (N-methyl/N-ethyl adjacent to an activating group) is 1. The van der Waals surface area contributed by atoms with Crippen LogP contribution in [0.4, 0.5) is 13.2 Å². The highest BCUT2D eigenvalue weighted by Crippen LogP contribution is 2.33. The lowest BCUT2D eigenvalue weighted by atomic mass is 9.94. The van der Waals surface area contributed by atoms with E-state index >= 15 is 0 Å². The molecule has 1 heterocycles. The predicted octanol–water partition coefficient (Wildman–Crippen LogP) is 2.18. The fourth-order valence-corrected chi connectivity index (χ4v) is 2.34. The third-order valence-corrected chi connectivity index (χ3v) is 3.32. The SMILES string of the molecule is CCNC(C)(C)C(=O)N1CCCC(C(F)(F)F)C1. The second-order valence-electron chi connectivity index (χ2n) is 5.29. The lowest BCUT2D eigenvalue weighted by molar-refractivity contribution is -0.189. The van der Waals surface area contributed by atoms with E-state index in [1.165, 1.54) is 4.90 Å². The largest absolute Gasteiger partial charge is 0.393 e. The van der Waals surface area contributed by atoms with E-state index in [0.29, 0.717) is 19.5 Å². The molecule has 1 amide bonds. The molecule has 1 aliphatic rings. The number of alkyl halides is 3. The molecule has 0 radical (unpaired) electrons. The highest BCUT2D eigenvalue weighted by molar-refractivity contribution is 5.85. The molecule has 0 saturated carbocycles. The number of amides is 1. The van der Waals surface area contributed by atoms with Gasteiger partial charge in [0.2, 0.25) is 5.91 Å². The third-order valence-electron chi connectivity index (χ3n) is 3.32. The maximum atomic E-state index is 12.7. The van der Waals surface area contributed by atoms with E-state index in [2.05, 4.69) is 5.32 Å². The van der Waals surface area contributed by atoms with Crippen LogP contribution in [0.5, 0.6) is 0 Å². The fourth-order valence-electron chi connectivity index (χ4n) is 2.34. The van der Waals surface area contributed by atoms with Gasteiger partial charge in [-0.05, 0) is 33.2 Å². The van der Waals surface area contributed by atoms with Crippen molar-refractivity contribution >= 4 is 5.91 Å². The molecule has 0 aromatic heterocycles. The molecule has 1 saturated heterocycles. The number of nitrogens with one attached hydrogen (secondary N) is 1. The summed E-state index contributed by atoms with van der Waals surface area (Å²) in [5, 5.41) is 3.00. The first kappa shape index (κ1) is 15.3. The van der Waals surface area contributed by atoms with Crippen molar-refractivity contribution < 1.29 is 18.0 Å². The maximum absolute atomic E-state index is 12.7. The van der Waals surface area contributed by atoms with E-state index in [1.54, 1.807) is 13.8 Å². The molecule has 0 bridgehead atoms. The molecule has 18 heavy (non-hydrogen) atoms. The molecule has 0 aliphatic carbocycles. The van der Waals surface area contributed by atoms with Crippen LogP contribution in [0.25, 0.3) is 0 Å². The second-order valence-corrected chi connectivity index (χ2v) is 5.29. The van der Waals surface area contributed by atoms with Gasteiger partial charge in [0.1, 0.15) is 0 Å². The molecule has 1 rings (SSSR count). The second kappa shape index (κ2) is 5.47. The Hall–Kier alpha value is -0.780. The van der Waals surface area contributed by atoms with Gasteiger partial charge in [0.25, 0.3) is 0 Å². The minimum Gasteiger partial charge on any atom is -0.340 e. The van der Waals surface area contributed by atoms with Gasteiger partial charge in [-0.2, -0.15) is 13.2 Å². The molecule has 0 aromatic rings. The number of piperidine rings is 1. The summed E-state index contributed by atoms with van der Waals surface area (Å²) >= 11 is 0. The van der Waals surface area contributed by atoms with Crippen molar-refractivity contribution in [2.75, 3.05) is 19.6 Å². The van der Waals surface area contributed by atoms with Gasteiger partial charge in [-0.15, -0.1) is 0 Å². The van der Waals surface area contributed by atoms with Crippen molar-refractivity contribution in [2.45, 2.75) is 45.3 Å². The zero-order valence-corrected chi connectivity index (χ0v) is 11.1. The van der Waals surface area contributed by atoms with Gasteiger partial charge in [0.05, 0.1) is 11.5 Å². The van der Waals surface area contributed by atoms with Crippen molar-refractivity contribution in [3.05, 3.63) is 0 Å². The zero-order chi connectivity index (χ0) is 14.0.